The molecule has 0 amide bonds. The highest BCUT2D eigenvalue weighted by molar-refractivity contribution is 5.45. The number of nitrogens with one attached hydrogen (secondary N) is 1. The summed E-state index contributed by atoms with van der Waals surface area (Å²) in [6.07, 6.45) is 5.46. The Hall–Kier alpha value is -1.53. The Kier molecular flexibility index (Phi) is 4.81. The first-order valence-corrected chi connectivity index (χ1v) is 7.05. The average Bonchev–Trinajstić information content (AvgIpc) is 2.98. The fourth-order valence-corrected chi connectivity index (χ4v) is 2.84. The first-order chi connectivity index (χ1) is 9.24. The van der Waals surface area contributed by atoms with E-state index in [9.17, 15) is 0 Å². The van der Waals surface area contributed by atoms with Crippen LogP contribution < -0.4 is 10.1 Å². The lowest BCUT2D eigenvalue weighted by atomic mass is 9.99. The second-order valence-corrected chi connectivity index (χ2v) is 5.36. The molecule has 1 N–H and O–H groups in total. The van der Waals surface area contributed by atoms with Crippen LogP contribution in [-0.4, -0.2) is 13.2 Å². The second kappa shape index (κ2) is 6.58. The standard InChI is InChI=1S/C16H22N2O/c1-12(14-5-3-4-6-14)18-11-13-7-8-15(10-17)16(9-13)19-2/h7-9,12,14,18H,3-6,11H2,1-2H3/t12-/m0/s1. The van der Waals surface area contributed by atoms with Gasteiger partial charge in [0.15, 0.2) is 0 Å². The molecule has 1 fully saturated rings. The Morgan fingerprint density at radius 2 is 2.16 bits per heavy atom. The molecule has 102 valence electrons. The number of nitrogens with zero attached hydrogens (tertiary/aromatic N) is 1. The molecule has 0 radical (unpaired) electrons. The summed E-state index contributed by atoms with van der Waals surface area (Å²) in [5.41, 5.74) is 1.76. The van der Waals surface area contributed by atoms with E-state index < -0.39 is 0 Å². The molecule has 2 rings (SSSR count). The molecule has 0 bridgehead atoms. The van der Waals surface area contributed by atoms with Gasteiger partial charge < -0.3 is 10.1 Å². The molecule has 1 saturated carbocycles. The van der Waals surface area contributed by atoms with Gasteiger partial charge in [-0.05, 0) is 43.4 Å². The fourth-order valence-electron chi connectivity index (χ4n) is 2.84. The van der Waals surface area contributed by atoms with Crippen molar-refractivity contribution in [3.63, 3.8) is 0 Å². The van der Waals surface area contributed by atoms with Crippen molar-refractivity contribution in [2.75, 3.05) is 7.11 Å². The predicted molar refractivity (Wildman–Crippen MR) is 76.0 cm³/mol. The van der Waals surface area contributed by atoms with Gasteiger partial charge in [0.2, 0.25) is 0 Å². The van der Waals surface area contributed by atoms with Crippen LogP contribution in [0, 0.1) is 17.2 Å². The molecule has 1 aliphatic carbocycles. The summed E-state index contributed by atoms with van der Waals surface area (Å²) in [4.78, 5) is 0. The maximum atomic E-state index is 8.96. The number of benzene rings is 1. The zero-order chi connectivity index (χ0) is 13.7. The number of hydrogen-bond donors (Lipinski definition) is 1. The summed E-state index contributed by atoms with van der Waals surface area (Å²) in [5, 5.41) is 12.5. The van der Waals surface area contributed by atoms with Crippen molar-refractivity contribution in [2.24, 2.45) is 5.92 Å². The van der Waals surface area contributed by atoms with Crippen LogP contribution >= 0.6 is 0 Å². The highest BCUT2D eigenvalue weighted by Crippen LogP contribution is 2.27. The normalized spacial score (nSPS) is 17.1. The lowest BCUT2D eigenvalue weighted by Gasteiger charge is -2.20. The molecule has 3 heteroatoms. The van der Waals surface area contributed by atoms with Crippen molar-refractivity contribution in [3.8, 4) is 11.8 Å². The molecule has 0 heterocycles. The molecule has 1 atom stereocenters. The van der Waals surface area contributed by atoms with Crippen LogP contribution in [0.5, 0.6) is 5.75 Å². The van der Waals surface area contributed by atoms with E-state index >= 15 is 0 Å². The Morgan fingerprint density at radius 1 is 1.42 bits per heavy atom. The summed E-state index contributed by atoms with van der Waals surface area (Å²) >= 11 is 0. The number of methoxy groups -OCH3 is 1. The van der Waals surface area contributed by atoms with Crippen LogP contribution in [0.1, 0.15) is 43.7 Å². The summed E-state index contributed by atoms with van der Waals surface area (Å²) in [6.45, 7) is 3.11. The molecule has 1 aromatic rings. The van der Waals surface area contributed by atoms with Crippen molar-refractivity contribution in [2.45, 2.75) is 45.2 Å². The van der Waals surface area contributed by atoms with Gasteiger partial charge in [0, 0.05) is 12.6 Å². The van der Waals surface area contributed by atoms with E-state index in [1.807, 2.05) is 18.2 Å². The molecule has 0 aliphatic heterocycles. The lowest BCUT2D eigenvalue weighted by molar-refractivity contribution is 0.379. The minimum Gasteiger partial charge on any atom is -0.495 e. The maximum absolute atomic E-state index is 8.96. The van der Waals surface area contributed by atoms with Gasteiger partial charge in [-0.2, -0.15) is 5.26 Å². The molecule has 0 spiro atoms. The molecule has 3 nitrogen and oxygen atoms in total. The monoisotopic (exact) mass is 258 g/mol. The van der Waals surface area contributed by atoms with E-state index in [0.717, 1.165) is 12.5 Å². The quantitative estimate of drug-likeness (QED) is 0.882. The zero-order valence-corrected chi connectivity index (χ0v) is 11.8. The van der Waals surface area contributed by atoms with Crippen LogP contribution in [0.4, 0.5) is 0 Å². The molecule has 19 heavy (non-hydrogen) atoms. The van der Waals surface area contributed by atoms with Crippen LogP contribution in [0.2, 0.25) is 0 Å². The van der Waals surface area contributed by atoms with E-state index in [4.69, 9.17) is 10.00 Å². The van der Waals surface area contributed by atoms with Gasteiger partial charge in [-0.25, -0.2) is 0 Å². The summed E-state index contributed by atoms with van der Waals surface area (Å²) < 4.78 is 5.23. The van der Waals surface area contributed by atoms with Gasteiger partial charge in [-0.15, -0.1) is 0 Å². The van der Waals surface area contributed by atoms with Gasteiger partial charge in [0.1, 0.15) is 11.8 Å². The van der Waals surface area contributed by atoms with E-state index in [-0.39, 0.29) is 0 Å². The van der Waals surface area contributed by atoms with E-state index in [1.165, 1.54) is 31.2 Å². The number of rotatable bonds is 5. The minimum atomic E-state index is 0.559. The third-order valence-electron chi connectivity index (χ3n) is 4.12. The Labute approximate surface area is 115 Å². The molecule has 0 aromatic heterocycles. The summed E-state index contributed by atoms with van der Waals surface area (Å²) in [6, 6.07) is 8.47. The average molecular weight is 258 g/mol. The second-order valence-electron chi connectivity index (χ2n) is 5.36. The molecule has 0 saturated heterocycles. The highest BCUT2D eigenvalue weighted by Gasteiger charge is 2.20. The first kappa shape index (κ1) is 13.9. The Morgan fingerprint density at radius 3 is 2.79 bits per heavy atom. The maximum Gasteiger partial charge on any atom is 0.136 e. The van der Waals surface area contributed by atoms with Crippen molar-refractivity contribution in [1.29, 1.82) is 5.26 Å². The van der Waals surface area contributed by atoms with Crippen molar-refractivity contribution in [3.05, 3.63) is 29.3 Å². The van der Waals surface area contributed by atoms with Crippen molar-refractivity contribution < 1.29 is 4.74 Å². The van der Waals surface area contributed by atoms with E-state index in [0.29, 0.717) is 17.4 Å². The fraction of sp³-hybridized carbons (Fsp3) is 0.562. The Balaban J connectivity index is 1.94. The largest absolute Gasteiger partial charge is 0.495 e. The Bertz CT molecular complexity index is 458. The highest BCUT2D eigenvalue weighted by atomic mass is 16.5. The van der Waals surface area contributed by atoms with Crippen molar-refractivity contribution >= 4 is 0 Å². The van der Waals surface area contributed by atoms with Gasteiger partial charge in [0.25, 0.3) is 0 Å². The topological polar surface area (TPSA) is 45.0 Å². The molecular formula is C16H22N2O. The molecule has 1 aliphatic rings. The van der Waals surface area contributed by atoms with E-state index in [1.54, 1.807) is 7.11 Å². The van der Waals surface area contributed by atoms with Crippen LogP contribution in [-0.2, 0) is 6.54 Å². The summed E-state index contributed by atoms with van der Waals surface area (Å²) in [7, 11) is 1.61. The SMILES string of the molecule is COc1cc(CN[C@@H](C)C2CCCC2)ccc1C#N. The predicted octanol–water partition coefficient (Wildman–Crippen LogP) is 3.24. The van der Waals surface area contributed by atoms with Gasteiger partial charge in [-0.1, -0.05) is 18.9 Å². The van der Waals surface area contributed by atoms with Gasteiger partial charge in [-0.3, -0.25) is 0 Å². The first-order valence-electron chi connectivity index (χ1n) is 7.05. The minimum absolute atomic E-state index is 0.559. The lowest BCUT2D eigenvalue weighted by Crippen LogP contribution is -2.31. The van der Waals surface area contributed by atoms with Crippen LogP contribution in [0.15, 0.2) is 18.2 Å². The van der Waals surface area contributed by atoms with E-state index in [2.05, 4.69) is 18.3 Å². The third kappa shape index (κ3) is 3.48. The summed E-state index contributed by atoms with van der Waals surface area (Å²) in [5.74, 6) is 1.48. The van der Waals surface area contributed by atoms with Crippen molar-refractivity contribution in [1.82, 2.24) is 5.32 Å². The molecule has 1 aromatic carbocycles. The smallest absolute Gasteiger partial charge is 0.136 e. The number of ether oxygens (including phenoxy) is 1. The van der Waals surface area contributed by atoms with Crippen LogP contribution in [0.3, 0.4) is 0 Å². The number of nitriles is 1. The molecular weight excluding hydrogens is 236 g/mol. The zero-order valence-electron chi connectivity index (χ0n) is 11.8. The van der Waals surface area contributed by atoms with Crippen LogP contribution in [0.25, 0.3) is 0 Å². The number of hydrogen-bond acceptors (Lipinski definition) is 3. The van der Waals surface area contributed by atoms with Gasteiger partial charge >= 0.3 is 0 Å². The van der Waals surface area contributed by atoms with Gasteiger partial charge in [0.05, 0.1) is 12.7 Å². The third-order valence-corrected chi connectivity index (χ3v) is 4.12. The molecule has 0 unspecified atom stereocenters.